The number of para-hydroxylation sites is 1. The van der Waals surface area contributed by atoms with Crippen LogP contribution in [0, 0.1) is 23.7 Å². The van der Waals surface area contributed by atoms with E-state index in [2.05, 4.69) is 17.4 Å². The quantitative estimate of drug-likeness (QED) is 0.707. The predicted octanol–water partition coefficient (Wildman–Crippen LogP) is 4.82. The molecule has 0 spiro atoms. The average molecular weight is 413 g/mol. The molecule has 4 fully saturated rings. The summed E-state index contributed by atoms with van der Waals surface area (Å²) in [7, 11) is 1.72. The van der Waals surface area contributed by atoms with Gasteiger partial charge < -0.3 is 14.8 Å². The van der Waals surface area contributed by atoms with Crippen molar-refractivity contribution in [2.75, 3.05) is 7.11 Å². The Balaban J connectivity index is 1.29. The van der Waals surface area contributed by atoms with E-state index in [1.54, 1.807) is 7.11 Å². The molecule has 0 saturated heterocycles. The topological polar surface area (TPSA) is 35.1 Å². The molecule has 2 aromatic carbocycles. The van der Waals surface area contributed by atoms with Crippen LogP contribution in [0.5, 0.6) is 11.5 Å². The molecular weight excluding hydrogens is 382 g/mol. The van der Waals surface area contributed by atoms with E-state index in [1.165, 1.54) is 37.7 Å². The normalized spacial score (nSPS) is 29.8. The summed E-state index contributed by atoms with van der Waals surface area (Å²) in [5.41, 5.74) is 2.34. The van der Waals surface area contributed by atoms with Gasteiger partial charge in [0.15, 0.2) is 11.5 Å². The van der Waals surface area contributed by atoms with Crippen LogP contribution in [-0.4, -0.2) is 13.2 Å². The number of quaternary nitrogens is 1. The fourth-order valence-corrected chi connectivity index (χ4v) is 6.52. The van der Waals surface area contributed by atoms with E-state index >= 15 is 0 Å². The van der Waals surface area contributed by atoms with Crippen LogP contribution in [0.1, 0.15) is 43.2 Å². The third kappa shape index (κ3) is 4.00. The zero-order chi connectivity index (χ0) is 19.8. The molecule has 4 aliphatic carbocycles. The molecule has 2 N–H and O–H groups in total. The summed E-state index contributed by atoms with van der Waals surface area (Å²) >= 11 is 6.00. The Bertz CT molecular complexity index is 822. The van der Waals surface area contributed by atoms with E-state index in [0.717, 1.165) is 58.3 Å². The number of hydrogen-bond donors (Lipinski definition) is 1. The van der Waals surface area contributed by atoms with Crippen LogP contribution in [-0.2, 0) is 13.2 Å². The highest BCUT2D eigenvalue weighted by Gasteiger charge is 2.50. The third-order valence-electron chi connectivity index (χ3n) is 7.49. The van der Waals surface area contributed by atoms with Crippen LogP contribution in [0.4, 0.5) is 0 Å². The van der Waals surface area contributed by atoms with Gasteiger partial charge in [-0.1, -0.05) is 29.8 Å². The van der Waals surface area contributed by atoms with Crippen LogP contribution in [0.3, 0.4) is 0 Å². The molecule has 2 aromatic rings. The standard InChI is InChI=1S/C25H30ClNO2/c1-28-23-4-2-3-19(25(23)29-15-16-5-7-22(26)8-6-16)14-27-24-20-10-17-9-18(12-20)13-21(24)11-17/h2-8,17-18,20-21,24,27H,9-15H2,1H3/p+1. The summed E-state index contributed by atoms with van der Waals surface area (Å²) in [4.78, 5) is 0. The number of hydrogen-bond acceptors (Lipinski definition) is 2. The number of ether oxygens (including phenoxy) is 2. The summed E-state index contributed by atoms with van der Waals surface area (Å²) in [5.74, 6) is 5.60. The van der Waals surface area contributed by atoms with E-state index in [0.29, 0.717) is 6.61 Å². The molecule has 154 valence electrons. The second-order valence-electron chi connectivity index (χ2n) is 9.31. The molecule has 0 radical (unpaired) electrons. The number of benzene rings is 2. The maximum absolute atomic E-state index is 6.26. The first-order chi connectivity index (χ1) is 14.2. The average Bonchev–Trinajstić information content (AvgIpc) is 2.72. The second kappa shape index (κ2) is 8.20. The smallest absolute Gasteiger partial charge is 0.170 e. The van der Waals surface area contributed by atoms with Gasteiger partial charge in [0.2, 0.25) is 0 Å². The van der Waals surface area contributed by atoms with Crippen molar-refractivity contribution in [3.05, 3.63) is 58.6 Å². The highest BCUT2D eigenvalue weighted by molar-refractivity contribution is 6.30. The molecule has 0 amide bonds. The van der Waals surface area contributed by atoms with Crippen LogP contribution >= 0.6 is 11.6 Å². The highest BCUT2D eigenvalue weighted by Crippen LogP contribution is 2.52. The first-order valence-corrected chi connectivity index (χ1v) is 11.4. The SMILES string of the molecule is COc1cccc(C[NH2+]C2C3CC4CC(C3)CC2C4)c1OCc1ccc(Cl)cc1. The van der Waals surface area contributed by atoms with Crippen LogP contribution in [0.15, 0.2) is 42.5 Å². The van der Waals surface area contributed by atoms with E-state index in [-0.39, 0.29) is 0 Å². The van der Waals surface area contributed by atoms with Gasteiger partial charge in [-0.05, 0) is 73.8 Å². The predicted molar refractivity (Wildman–Crippen MR) is 115 cm³/mol. The summed E-state index contributed by atoms with van der Waals surface area (Å²) in [5, 5.41) is 3.36. The summed E-state index contributed by atoms with van der Waals surface area (Å²) in [6.07, 6.45) is 7.37. The lowest BCUT2D eigenvalue weighted by Gasteiger charge is -2.52. The van der Waals surface area contributed by atoms with Gasteiger partial charge in [-0.25, -0.2) is 0 Å². The van der Waals surface area contributed by atoms with Crippen molar-refractivity contribution in [3.63, 3.8) is 0 Å². The van der Waals surface area contributed by atoms with Gasteiger partial charge >= 0.3 is 0 Å². The molecule has 3 nitrogen and oxygen atoms in total. The monoisotopic (exact) mass is 412 g/mol. The molecule has 4 bridgehead atoms. The molecule has 4 saturated carbocycles. The van der Waals surface area contributed by atoms with E-state index in [4.69, 9.17) is 21.1 Å². The lowest BCUT2D eigenvalue weighted by atomic mass is 9.54. The Morgan fingerprint density at radius 3 is 2.28 bits per heavy atom. The van der Waals surface area contributed by atoms with E-state index < -0.39 is 0 Å². The molecule has 0 unspecified atom stereocenters. The number of methoxy groups -OCH3 is 1. The maximum atomic E-state index is 6.26. The Labute approximate surface area is 178 Å². The van der Waals surface area contributed by atoms with Crippen molar-refractivity contribution in [3.8, 4) is 11.5 Å². The lowest BCUT2D eigenvalue weighted by Crippen LogP contribution is -2.93. The van der Waals surface area contributed by atoms with E-state index in [1.807, 2.05) is 30.3 Å². The fourth-order valence-electron chi connectivity index (χ4n) is 6.40. The van der Waals surface area contributed by atoms with Crippen molar-refractivity contribution >= 4 is 11.6 Å². The van der Waals surface area contributed by atoms with Gasteiger partial charge in [0.05, 0.1) is 18.7 Å². The zero-order valence-corrected chi connectivity index (χ0v) is 17.9. The third-order valence-corrected chi connectivity index (χ3v) is 7.74. The Kier molecular flexibility index (Phi) is 5.45. The lowest BCUT2D eigenvalue weighted by molar-refractivity contribution is -0.723. The van der Waals surface area contributed by atoms with E-state index in [9.17, 15) is 0 Å². The Morgan fingerprint density at radius 2 is 1.62 bits per heavy atom. The minimum absolute atomic E-state index is 0.516. The second-order valence-corrected chi connectivity index (χ2v) is 9.75. The van der Waals surface area contributed by atoms with Crippen molar-refractivity contribution in [2.24, 2.45) is 23.7 Å². The minimum atomic E-state index is 0.516. The molecule has 6 rings (SSSR count). The van der Waals surface area contributed by atoms with Crippen LogP contribution in [0.2, 0.25) is 5.02 Å². The van der Waals surface area contributed by atoms with Crippen LogP contribution < -0.4 is 14.8 Å². The number of halogens is 1. The maximum Gasteiger partial charge on any atom is 0.170 e. The molecule has 4 heteroatoms. The molecule has 0 atom stereocenters. The Morgan fingerprint density at radius 1 is 0.931 bits per heavy atom. The van der Waals surface area contributed by atoms with Crippen LogP contribution in [0.25, 0.3) is 0 Å². The molecular formula is C25H31ClNO2+. The van der Waals surface area contributed by atoms with Crippen molar-refractivity contribution in [2.45, 2.75) is 51.3 Å². The minimum Gasteiger partial charge on any atom is -0.493 e. The summed E-state index contributed by atoms with van der Waals surface area (Å²) in [6, 6.07) is 14.9. The Hall–Kier alpha value is -1.71. The number of rotatable bonds is 7. The molecule has 0 aliphatic heterocycles. The molecule has 0 heterocycles. The van der Waals surface area contributed by atoms with Crippen molar-refractivity contribution in [1.82, 2.24) is 0 Å². The van der Waals surface area contributed by atoms with Gasteiger partial charge in [0, 0.05) is 16.9 Å². The zero-order valence-electron chi connectivity index (χ0n) is 17.1. The fraction of sp³-hybridized carbons (Fsp3) is 0.520. The molecule has 0 aromatic heterocycles. The van der Waals surface area contributed by atoms with Crippen molar-refractivity contribution in [1.29, 1.82) is 0 Å². The summed E-state index contributed by atoms with van der Waals surface area (Å²) in [6.45, 7) is 1.47. The highest BCUT2D eigenvalue weighted by atomic mass is 35.5. The largest absolute Gasteiger partial charge is 0.493 e. The summed E-state index contributed by atoms with van der Waals surface area (Å²) < 4.78 is 11.9. The van der Waals surface area contributed by atoms with Gasteiger partial charge in [-0.15, -0.1) is 0 Å². The number of nitrogens with two attached hydrogens (primary N) is 1. The van der Waals surface area contributed by atoms with Gasteiger partial charge in [-0.3, -0.25) is 0 Å². The molecule has 4 aliphatic rings. The van der Waals surface area contributed by atoms with Gasteiger partial charge in [-0.2, -0.15) is 0 Å². The first-order valence-electron chi connectivity index (χ1n) is 11.1. The van der Waals surface area contributed by atoms with Gasteiger partial charge in [0.25, 0.3) is 0 Å². The van der Waals surface area contributed by atoms with Gasteiger partial charge in [0.1, 0.15) is 13.2 Å². The first kappa shape index (κ1) is 19.3. The molecule has 29 heavy (non-hydrogen) atoms. The van der Waals surface area contributed by atoms with Crippen molar-refractivity contribution < 1.29 is 14.8 Å².